The van der Waals surface area contributed by atoms with Gasteiger partial charge in [0.2, 0.25) is 14.2 Å². The van der Waals surface area contributed by atoms with Gasteiger partial charge in [0.25, 0.3) is 11.8 Å². The lowest BCUT2D eigenvalue weighted by Crippen LogP contribution is -2.34. The molecule has 2 heterocycles. The van der Waals surface area contributed by atoms with E-state index in [0.717, 1.165) is 16.2 Å². The molecule has 2 aromatic rings. The summed E-state index contributed by atoms with van der Waals surface area (Å²) in [6.45, 7) is 1.42. The standard InChI is InChI=1S/C16H17N3O5S2/c1-2-7-26(23,24)16-18-11-4-3-10(8-13(11)25-16)17-12-9-14(21)19(5-6-20)15(12)22/h3-4,8-9,17,20H,2,5-7H2,1H3. The Morgan fingerprint density at radius 3 is 2.77 bits per heavy atom. The van der Waals surface area contributed by atoms with Crippen LogP contribution in [0.25, 0.3) is 10.2 Å². The van der Waals surface area contributed by atoms with E-state index in [9.17, 15) is 18.0 Å². The van der Waals surface area contributed by atoms with Gasteiger partial charge >= 0.3 is 0 Å². The molecule has 0 bridgehead atoms. The highest BCUT2D eigenvalue weighted by Gasteiger charge is 2.30. The van der Waals surface area contributed by atoms with Crippen LogP contribution < -0.4 is 5.32 Å². The average Bonchev–Trinajstić information content (AvgIpc) is 3.12. The largest absolute Gasteiger partial charge is 0.395 e. The van der Waals surface area contributed by atoms with Gasteiger partial charge in [-0.1, -0.05) is 6.92 Å². The summed E-state index contributed by atoms with van der Waals surface area (Å²) < 4.78 is 25.1. The number of sulfone groups is 1. The van der Waals surface area contributed by atoms with E-state index in [-0.39, 0.29) is 28.9 Å². The van der Waals surface area contributed by atoms with Gasteiger partial charge in [0.15, 0.2) is 0 Å². The monoisotopic (exact) mass is 395 g/mol. The second-order valence-electron chi connectivity index (χ2n) is 5.68. The van der Waals surface area contributed by atoms with Gasteiger partial charge in [0.1, 0.15) is 5.70 Å². The number of imide groups is 1. The van der Waals surface area contributed by atoms with Crippen molar-refractivity contribution in [1.29, 1.82) is 0 Å². The Morgan fingerprint density at radius 2 is 2.08 bits per heavy atom. The summed E-state index contributed by atoms with van der Waals surface area (Å²) in [5.41, 5.74) is 1.20. The molecule has 0 radical (unpaired) electrons. The summed E-state index contributed by atoms with van der Waals surface area (Å²) in [6.07, 6.45) is 1.69. The predicted molar refractivity (Wildman–Crippen MR) is 97.5 cm³/mol. The minimum absolute atomic E-state index is 0.0438. The van der Waals surface area contributed by atoms with Gasteiger partial charge in [-0.25, -0.2) is 13.4 Å². The Balaban J connectivity index is 1.85. The average molecular weight is 395 g/mol. The molecular weight excluding hydrogens is 378 g/mol. The summed E-state index contributed by atoms with van der Waals surface area (Å²) in [7, 11) is -3.39. The number of nitrogens with zero attached hydrogens (tertiary/aromatic N) is 2. The lowest BCUT2D eigenvalue weighted by molar-refractivity contribution is -0.137. The summed E-state index contributed by atoms with van der Waals surface area (Å²) >= 11 is 1.07. The molecule has 0 saturated heterocycles. The molecule has 1 aliphatic heterocycles. The maximum atomic E-state index is 12.2. The van der Waals surface area contributed by atoms with Gasteiger partial charge in [0.05, 0.1) is 29.1 Å². The fourth-order valence-corrected chi connectivity index (χ4v) is 5.25. The molecule has 1 aromatic heterocycles. The molecule has 0 atom stereocenters. The lowest BCUT2D eigenvalue weighted by Gasteiger charge is -2.13. The van der Waals surface area contributed by atoms with Crippen LogP contribution in [0.4, 0.5) is 5.69 Å². The third kappa shape index (κ3) is 3.48. The number of β-amino-alcohol motifs (C(OH)–C–C–N with tert-alkyl or cyclic N) is 1. The minimum Gasteiger partial charge on any atom is -0.395 e. The number of amides is 2. The number of fused-ring (bicyclic) bond motifs is 1. The van der Waals surface area contributed by atoms with Gasteiger partial charge in [-0.15, -0.1) is 11.3 Å². The van der Waals surface area contributed by atoms with E-state index in [2.05, 4.69) is 10.3 Å². The molecule has 26 heavy (non-hydrogen) atoms. The molecule has 8 nitrogen and oxygen atoms in total. The molecule has 0 fully saturated rings. The van der Waals surface area contributed by atoms with Crippen LogP contribution in [0.1, 0.15) is 13.3 Å². The van der Waals surface area contributed by atoms with Crippen molar-refractivity contribution in [3.63, 3.8) is 0 Å². The van der Waals surface area contributed by atoms with Crippen molar-refractivity contribution in [2.45, 2.75) is 17.7 Å². The Bertz CT molecular complexity index is 1010. The van der Waals surface area contributed by atoms with E-state index in [1.807, 2.05) is 0 Å². The van der Waals surface area contributed by atoms with E-state index in [1.54, 1.807) is 25.1 Å². The molecule has 10 heteroatoms. The van der Waals surface area contributed by atoms with Gasteiger partial charge < -0.3 is 10.4 Å². The number of hydrogen-bond donors (Lipinski definition) is 2. The zero-order chi connectivity index (χ0) is 18.9. The van der Waals surface area contributed by atoms with Crippen molar-refractivity contribution in [3.05, 3.63) is 30.0 Å². The Hall–Kier alpha value is -2.30. The highest BCUT2D eigenvalue weighted by molar-refractivity contribution is 7.93. The molecule has 1 aromatic carbocycles. The number of anilines is 1. The minimum atomic E-state index is -3.39. The normalized spacial score (nSPS) is 15.0. The summed E-state index contributed by atoms with van der Waals surface area (Å²) in [6, 6.07) is 5.00. The fourth-order valence-electron chi connectivity index (χ4n) is 2.54. The third-order valence-corrected chi connectivity index (χ3v) is 7.11. The van der Waals surface area contributed by atoms with Crippen LogP contribution >= 0.6 is 11.3 Å². The van der Waals surface area contributed by atoms with Crippen LogP contribution in [0, 0.1) is 0 Å². The number of thiazole rings is 1. The van der Waals surface area contributed by atoms with Gasteiger partial charge in [-0.3, -0.25) is 14.5 Å². The molecule has 2 amide bonds. The van der Waals surface area contributed by atoms with Gasteiger partial charge in [0, 0.05) is 11.8 Å². The van der Waals surface area contributed by atoms with Gasteiger partial charge in [-0.05, 0) is 24.6 Å². The molecule has 0 spiro atoms. The van der Waals surface area contributed by atoms with Crippen LogP contribution in [0.5, 0.6) is 0 Å². The van der Waals surface area contributed by atoms with E-state index in [1.165, 1.54) is 6.08 Å². The predicted octanol–water partition coefficient (Wildman–Crippen LogP) is 1.14. The SMILES string of the molecule is CCCS(=O)(=O)c1nc2ccc(NC3=CC(=O)N(CCO)C3=O)cc2s1. The molecule has 2 N–H and O–H groups in total. The quantitative estimate of drug-likeness (QED) is 0.675. The number of rotatable bonds is 7. The molecule has 0 unspecified atom stereocenters. The summed E-state index contributed by atoms with van der Waals surface area (Å²) in [5.74, 6) is -0.958. The Kier molecular flexibility index (Phi) is 5.08. The number of aliphatic hydroxyl groups is 1. The molecule has 0 saturated carbocycles. The van der Waals surface area contributed by atoms with E-state index in [0.29, 0.717) is 22.3 Å². The number of benzene rings is 1. The molecule has 0 aliphatic carbocycles. The zero-order valence-electron chi connectivity index (χ0n) is 13.9. The first-order valence-electron chi connectivity index (χ1n) is 7.94. The smallest absolute Gasteiger partial charge is 0.277 e. The molecular formula is C16H17N3O5S2. The number of carbonyl (C=O) groups excluding carboxylic acids is 2. The van der Waals surface area contributed by atoms with Crippen LogP contribution in [-0.2, 0) is 19.4 Å². The summed E-state index contributed by atoms with van der Waals surface area (Å²) in [5, 5.41) is 11.8. The summed E-state index contributed by atoms with van der Waals surface area (Å²) in [4.78, 5) is 29.0. The van der Waals surface area contributed by atoms with E-state index in [4.69, 9.17) is 5.11 Å². The number of hydrogen-bond acceptors (Lipinski definition) is 8. The van der Waals surface area contributed by atoms with Crippen LogP contribution in [0.3, 0.4) is 0 Å². The maximum Gasteiger partial charge on any atom is 0.277 e. The number of carbonyl (C=O) groups is 2. The number of aliphatic hydroxyl groups excluding tert-OH is 1. The number of nitrogens with one attached hydrogen (secondary N) is 1. The van der Waals surface area contributed by atoms with Crippen LogP contribution in [0.2, 0.25) is 0 Å². The maximum absolute atomic E-state index is 12.2. The van der Waals surface area contributed by atoms with Crippen molar-refractivity contribution in [3.8, 4) is 0 Å². The van der Waals surface area contributed by atoms with Crippen molar-refractivity contribution in [1.82, 2.24) is 9.88 Å². The zero-order valence-corrected chi connectivity index (χ0v) is 15.6. The first-order valence-corrected chi connectivity index (χ1v) is 10.4. The highest BCUT2D eigenvalue weighted by atomic mass is 32.2. The van der Waals surface area contributed by atoms with E-state index < -0.39 is 21.7 Å². The highest BCUT2D eigenvalue weighted by Crippen LogP contribution is 2.29. The second-order valence-corrected chi connectivity index (χ2v) is 9.00. The Labute approximate surface area is 154 Å². The molecule has 3 rings (SSSR count). The first-order chi connectivity index (χ1) is 12.4. The van der Waals surface area contributed by atoms with Crippen LogP contribution in [-0.4, -0.2) is 54.1 Å². The van der Waals surface area contributed by atoms with Crippen molar-refractivity contribution in [2.24, 2.45) is 0 Å². The fraction of sp³-hybridized carbons (Fsp3) is 0.312. The molecule has 1 aliphatic rings. The molecule has 138 valence electrons. The third-order valence-electron chi connectivity index (χ3n) is 3.72. The first kappa shape index (κ1) is 18.5. The lowest BCUT2D eigenvalue weighted by atomic mass is 10.3. The Morgan fingerprint density at radius 1 is 1.31 bits per heavy atom. The number of aromatic nitrogens is 1. The van der Waals surface area contributed by atoms with Crippen molar-refractivity contribution < 1.29 is 23.1 Å². The van der Waals surface area contributed by atoms with Crippen molar-refractivity contribution in [2.75, 3.05) is 24.2 Å². The second kappa shape index (κ2) is 7.14. The van der Waals surface area contributed by atoms with Gasteiger partial charge in [-0.2, -0.15) is 0 Å². The topological polar surface area (TPSA) is 117 Å². The van der Waals surface area contributed by atoms with Crippen molar-refractivity contribution >= 4 is 48.9 Å². The van der Waals surface area contributed by atoms with E-state index >= 15 is 0 Å². The van der Waals surface area contributed by atoms with Crippen LogP contribution in [0.15, 0.2) is 34.3 Å².